The molecule has 0 saturated heterocycles. The van der Waals surface area contributed by atoms with Crippen molar-refractivity contribution < 1.29 is 28.6 Å². The van der Waals surface area contributed by atoms with Gasteiger partial charge >= 0.3 is 17.9 Å². The summed E-state index contributed by atoms with van der Waals surface area (Å²) in [5.74, 6) is 1.04. The highest BCUT2D eigenvalue weighted by atomic mass is 16.5. The van der Waals surface area contributed by atoms with Crippen molar-refractivity contribution in [2.45, 2.75) is 253 Å². The molecule has 7 heteroatoms. The van der Waals surface area contributed by atoms with E-state index < -0.39 is 0 Å². The van der Waals surface area contributed by atoms with Crippen LogP contribution in [0.15, 0.2) is 0 Å². The Kier molecular flexibility index (Phi) is 42.2. The van der Waals surface area contributed by atoms with Crippen LogP contribution >= 0.6 is 0 Å². The van der Waals surface area contributed by atoms with E-state index in [1.165, 1.54) is 116 Å². The van der Waals surface area contributed by atoms with Gasteiger partial charge < -0.3 is 19.1 Å². The summed E-state index contributed by atoms with van der Waals surface area (Å²) in [6.45, 7) is 18.0. The van der Waals surface area contributed by atoms with Gasteiger partial charge in [0.05, 0.1) is 25.7 Å². The van der Waals surface area contributed by atoms with Gasteiger partial charge in [-0.1, -0.05) is 183 Å². The zero-order chi connectivity index (χ0) is 42.7. The molecule has 0 aliphatic rings. The second kappa shape index (κ2) is 43.5. The summed E-state index contributed by atoms with van der Waals surface area (Å²) in [6, 6.07) is 0. The highest BCUT2D eigenvalue weighted by Gasteiger charge is 2.20. The van der Waals surface area contributed by atoms with E-state index in [1.54, 1.807) is 0 Å². The number of nitrogens with zero attached hydrogens (tertiary/aromatic N) is 1. The Labute approximate surface area is 361 Å². The van der Waals surface area contributed by atoms with Crippen LogP contribution in [0, 0.1) is 17.8 Å². The standard InChI is InChI=1S/C51H99NO6/c1-7-13-34-46(35-14-8-2)44-49(53)56-41-31-27-23-19-17-21-25-29-38-48(51(55)58-43-33-40-52(11-5)12-6)39-30-26-22-18-20-24-28-32-42-57-50(54)45-47(36-15-9-3)37-16-10-4/h46-48H,7-45H2,1-6H3. The number of rotatable bonds is 45. The van der Waals surface area contributed by atoms with Gasteiger partial charge in [-0.05, 0) is 82.7 Å². The van der Waals surface area contributed by atoms with Crippen LogP contribution in [-0.4, -0.2) is 62.3 Å². The van der Waals surface area contributed by atoms with E-state index in [0.29, 0.717) is 44.5 Å². The summed E-state index contributed by atoms with van der Waals surface area (Å²) in [4.78, 5) is 40.3. The van der Waals surface area contributed by atoms with E-state index in [2.05, 4.69) is 46.4 Å². The molecule has 0 aromatic rings. The fourth-order valence-electron chi connectivity index (χ4n) is 8.23. The van der Waals surface area contributed by atoms with Crippen molar-refractivity contribution in [3.8, 4) is 0 Å². The van der Waals surface area contributed by atoms with Gasteiger partial charge in [0, 0.05) is 19.4 Å². The molecule has 0 saturated carbocycles. The van der Waals surface area contributed by atoms with Crippen molar-refractivity contribution in [1.82, 2.24) is 4.90 Å². The lowest BCUT2D eigenvalue weighted by Gasteiger charge is -2.19. The van der Waals surface area contributed by atoms with Crippen LogP contribution in [0.3, 0.4) is 0 Å². The van der Waals surface area contributed by atoms with Crippen LogP contribution < -0.4 is 0 Å². The average molecular weight is 822 g/mol. The molecule has 0 atom stereocenters. The molecular weight excluding hydrogens is 723 g/mol. The number of carbonyl (C=O) groups is 3. The van der Waals surface area contributed by atoms with Crippen molar-refractivity contribution >= 4 is 17.9 Å². The predicted octanol–water partition coefficient (Wildman–Crippen LogP) is 14.8. The smallest absolute Gasteiger partial charge is 0.308 e. The molecule has 344 valence electrons. The Morgan fingerprint density at radius 1 is 0.379 bits per heavy atom. The second-order valence-electron chi connectivity index (χ2n) is 17.6. The SMILES string of the molecule is CCCCC(CCCC)CC(=O)OCCCCCCCCCCC(CCCCCCCCCCOC(=O)CC(CCCC)CCCC)C(=O)OCCCN(CC)CC. The molecule has 0 spiro atoms. The minimum Gasteiger partial charge on any atom is -0.466 e. The van der Waals surface area contributed by atoms with Gasteiger partial charge in [0.1, 0.15) is 0 Å². The molecule has 0 fully saturated rings. The predicted molar refractivity (Wildman–Crippen MR) is 246 cm³/mol. The number of esters is 3. The van der Waals surface area contributed by atoms with E-state index in [1.807, 2.05) is 0 Å². The molecule has 0 aromatic carbocycles. The molecule has 0 radical (unpaired) electrons. The van der Waals surface area contributed by atoms with Gasteiger partial charge in [-0.25, -0.2) is 0 Å². The maximum atomic E-state index is 13.2. The second-order valence-corrected chi connectivity index (χ2v) is 17.6. The zero-order valence-electron chi connectivity index (χ0n) is 39.7. The quantitative estimate of drug-likeness (QED) is 0.0344. The lowest BCUT2D eigenvalue weighted by molar-refractivity contribution is -0.149. The van der Waals surface area contributed by atoms with Crippen molar-refractivity contribution in [3.63, 3.8) is 0 Å². The molecule has 0 heterocycles. The number of carbonyl (C=O) groups excluding carboxylic acids is 3. The van der Waals surface area contributed by atoms with Crippen LogP contribution in [0.4, 0.5) is 0 Å². The first-order chi connectivity index (χ1) is 28.3. The van der Waals surface area contributed by atoms with Crippen molar-refractivity contribution in [3.05, 3.63) is 0 Å². The van der Waals surface area contributed by atoms with Gasteiger partial charge in [-0.3, -0.25) is 14.4 Å². The number of hydrogen-bond donors (Lipinski definition) is 0. The van der Waals surface area contributed by atoms with Gasteiger partial charge in [0.2, 0.25) is 0 Å². The molecule has 0 amide bonds. The Morgan fingerprint density at radius 2 is 0.707 bits per heavy atom. The van der Waals surface area contributed by atoms with E-state index in [4.69, 9.17) is 14.2 Å². The molecule has 0 bridgehead atoms. The third-order valence-corrected chi connectivity index (χ3v) is 12.3. The first kappa shape index (κ1) is 56.4. The maximum absolute atomic E-state index is 13.2. The first-order valence-corrected chi connectivity index (χ1v) is 25.5. The normalized spacial score (nSPS) is 11.7. The van der Waals surface area contributed by atoms with Crippen molar-refractivity contribution in [2.75, 3.05) is 39.5 Å². The number of ether oxygens (including phenoxy) is 3. The van der Waals surface area contributed by atoms with Crippen LogP contribution in [0.25, 0.3) is 0 Å². The lowest BCUT2D eigenvalue weighted by atomic mass is 9.93. The average Bonchev–Trinajstić information content (AvgIpc) is 3.22. The summed E-state index contributed by atoms with van der Waals surface area (Å²) in [5, 5.41) is 0. The van der Waals surface area contributed by atoms with Crippen LogP contribution in [-0.2, 0) is 28.6 Å². The lowest BCUT2D eigenvalue weighted by Crippen LogP contribution is -2.26. The van der Waals surface area contributed by atoms with Gasteiger partial charge in [0.15, 0.2) is 0 Å². The van der Waals surface area contributed by atoms with E-state index in [0.717, 1.165) is 103 Å². The first-order valence-electron chi connectivity index (χ1n) is 25.5. The maximum Gasteiger partial charge on any atom is 0.308 e. The Morgan fingerprint density at radius 3 is 1.05 bits per heavy atom. The molecule has 0 aromatic heterocycles. The molecule has 0 N–H and O–H groups in total. The molecule has 7 nitrogen and oxygen atoms in total. The molecule has 0 aliphatic heterocycles. The Balaban J connectivity index is 4.27. The third kappa shape index (κ3) is 36.2. The van der Waals surface area contributed by atoms with E-state index in [9.17, 15) is 14.4 Å². The number of hydrogen-bond acceptors (Lipinski definition) is 7. The third-order valence-electron chi connectivity index (χ3n) is 12.3. The highest BCUT2D eigenvalue weighted by molar-refractivity contribution is 5.72. The monoisotopic (exact) mass is 822 g/mol. The van der Waals surface area contributed by atoms with Crippen LogP contribution in [0.1, 0.15) is 253 Å². The summed E-state index contributed by atoms with van der Waals surface area (Å²) in [7, 11) is 0. The Bertz CT molecular complexity index is 835. The molecular formula is C51H99NO6. The van der Waals surface area contributed by atoms with Crippen molar-refractivity contribution in [1.29, 1.82) is 0 Å². The van der Waals surface area contributed by atoms with Crippen LogP contribution in [0.2, 0.25) is 0 Å². The molecule has 0 aliphatic carbocycles. The van der Waals surface area contributed by atoms with Gasteiger partial charge in [-0.2, -0.15) is 0 Å². The van der Waals surface area contributed by atoms with E-state index >= 15 is 0 Å². The summed E-state index contributed by atoms with van der Waals surface area (Å²) in [6.07, 6.45) is 36.7. The van der Waals surface area contributed by atoms with E-state index in [-0.39, 0.29) is 23.8 Å². The topological polar surface area (TPSA) is 82.1 Å². The fourth-order valence-corrected chi connectivity index (χ4v) is 8.23. The zero-order valence-corrected chi connectivity index (χ0v) is 39.7. The molecule has 58 heavy (non-hydrogen) atoms. The minimum absolute atomic E-state index is 0.00166. The summed E-state index contributed by atoms with van der Waals surface area (Å²) < 4.78 is 17.0. The number of unbranched alkanes of at least 4 members (excludes halogenated alkanes) is 18. The largest absolute Gasteiger partial charge is 0.466 e. The van der Waals surface area contributed by atoms with Crippen LogP contribution in [0.5, 0.6) is 0 Å². The summed E-state index contributed by atoms with van der Waals surface area (Å²) >= 11 is 0. The van der Waals surface area contributed by atoms with Crippen molar-refractivity contribution in [2.24, 2.45) is 17.8 Å². The molecule has 0 unspecified atom stereocenters. The highest BCUT2D eigenvalue weighted by Crippen LogP contribution is 2.23. The fraction of sp³-hybridized carbons (Fsp3) is 0.941. The minimum atomic E-state index is 0.00166. The Hall–Kier alpha value is -1.63. The molecule has 0 rings (SSSR count). The summed E-state index contributed by atoms with van der Waals surface area (Å²) in [5.41, 5.74) is 0. The van der Waals surface area contributed by atoms with Gasteiger partial charge in [-0.15, -0.1) is 0 Å². The van der Waals surface area contributed by atoms with Gasteiger partial charge in [0.25, 0.3) is 0 Å².